The van der Waals surface area contributed by atoms with Crippen molar-refractivity contribution < 1.29 is 9.53 Å². The van der Waals surface area contributed by atoms with Gasteiger partial charge in [-0.15, -0.1) is 0 Å². The van der Waals surface area contributed by atoms with Crippen LogP contribution in [-0.2, 0) is 0 Å². The Kier molecular flexibility index (Phi) is 5.13. The first kappa shape index (κ1) is 17.4. The number of aromatic nitrogens is 1. The number of fused-ring (bicyclic) bond motifs is 3. The number of benzene rings is 1. The third kappa shape index (κ3) is 3.86. The zero-order chi connectivity index (χ0) is 17.9. The van der Waals surface area contributed by atoms with Crippen molar-refractivity contribution in [2.75, 3.05) is 26.7 Å². The smallest absolute Gasteiger partial charge is 0.251 e. The Bertz CT molecular complexity index is 773. The number of hydrogen-bond acceptors (Lipinski definition) is 5. The van der Waals surface area contributed by atoms with Crippen molar-refractivity contribution in [1.29, 1.82) is 0 Å². The van der Waals surface area contributed by atoms with Gasteiger partial charge in [0.15, 0.2) is 0 Å². The molecule has 3 aliphatic rings. The van der Waals surface area contributed by atoms with Crippen LogP contribution in [0.5, 0.6) is 5.75 Å². The van der Waals surface area contributed by atoms with E-state index in [9.17, 15) is 4.79 Å². The molecule has 0 unspecified atom stereocenters. The molecule has 1 N–H and O–H groups in total. The van der Waals surface area contributed by atoms with Crippen molar-refractivity contribution in [3.05, 3.63) is 48.2 Å². The molecule has 2 aromatic rings. The minimum atomic E-state index is 0.0276. The van der Waals surface area contributed by atoms with Gasteiger partial charge in [-0.25, -0.2) is 4.98 Å². The van der Waals surface area contributed by atoms with Gasteiger partial charge in [-0.2, -0.15) is 0 Å². The SMILES string of the molecule is COc1ccnc(Sc2ccc(C(=O)N[C@H]3CN4CCC3CC4)cc2)c1. The molecule has 1 aromatic heterocycles. The van der Waals surface area contributed by atoms with E-state index >= 15 is 0 Å². The number of piperidine rings is 3. The van der Waals surface area contributed by atoms with Crippen LogP contribution >= 0.6 is 11.8 Å². The second-order valence-corrected chi connectivity index (χ2v) is 7.97. The molecule has 2 bridgehead atoms. The second-order valence-electron chi connectivity index (χ2n) is 6.88. The zero-order valence-corrected chi connectivity index (χ0v) is 15.7. The Morgan fingerprint density at radius 3 is 2.65 bits per heavy atom. The van der Waals surface area contributed by atoms with E-state index in [-0.39, 0.29) is 5.91 Å². The summed E-state index contributed by atoms with van der Waals surface area (Å²) in [6.45, 7) is 3.36. The van der Waals surface area contributed by atoms with Crippen LogP contribution in [0.4, 0.5) is 0 Å². The summed E-state index contributed by atoms with van der Waals surface area (Å²) in [5, 5.41) is 4.10. The van der Waals surface area contributed by atoms with Gasteiger partial charge in [0.05, 0.1) is 7.11 Å². The maximum Gasteiger partial charge on any atom is 0.251 e. The molecule has 0 radical (unpaired) electrons. The van der Waals surface area contributed by atoms with E-state index in [2.05, 4.69) is 15.2 Å². The number of hydrogen-bond donors (Lipinski definition) is 1. The molecular formula is C20H23N3O2S. The number of pyridine rings is 1. The highest BCUT2D eigenvalue weighted by Crippen LogP contribution is 2.29. The van der Waals surface area contributed by atoms with E-state index in [0.29, 0.717) is 17.5 Å². The van der Waals surface area contributed by atoms with Crippen LogP contribution in [0.1, 0.15) is 23.2 Å². The molecular weight excluding hydrogens is 346 g/mol. The van der Waals surface area contributed by atoms with Crippen LogP contribution in [0.3, 0.4) is 0 Å². The van der Waals surface area contributed by atoms with Crippen molar-refractivity contribution >= 4 is 17.7 Å². The lowest BCUT2D eigenvalue weighted by atomic mass is 9.84. The van der Waals surface area contributed by atoms with Gasteiger partial charge in [0.2, 0.25) is 0 Å². The lowest BCUT2D eigenvalue weighted by molar-refractivity contribution is 0.0620. The van der Waals surface area contributed by atoms with Gasteiger partial charge < -0.3 is 15.0 Å². The predicted octanol–water partition coefficient (Wildman–Crippen LogP) is 3.07. The van der Waals surface area contributed by atoms with Crippen LogP contribution in [0.25, 0.3) is 0 Å². The van der Waals surface area contributed by atoms with E-state index in [1.807, 2.05) is 36.4 Å². The van der Waals surface area contributed by atoms with Crippen LogP contribution in [0, 0.1) is 5.92 Å². The van der Waals surface area contributed by atoms with Gasteiger partial charge in [-0.05, 0) is 62.2 Å². The Balaban J connectivity index is 1.38. The van der Waals surface area contributed by atoms with Crippen LogP contribution in [0.2, 0.25) is 0 Å². The van der Waals surface area contributed by atoms with E-state index in [0.717, 1.165) is 22.2 Å². The first-order chi connectivity index (χ1) is 12.7. The van der Waals surface area contributed by atoms with Gasteiger partial charge in [-0.3, -0.25) is 4.79 Å². The van der Waals surface area contributed by atoms with Crippen molar-refractivity contribution in [3.63, 3.8) is 0 Å². The fourth-order valence-electron chi connectivity index (χ4n) is 3.75. The maximum absolute atomic E-state index is 12.6. The Hall–Kier alpha value is -2.05. The summed E-state index contributed by atoms with van der Waals surface area (Å²) < 4.78 is 5.23. The number of nitrogens with one attached hydrogen (secondary N) is 1. The van der Waals surface area contributed by atoms with Crippen molar-refractivity contribution in [2.24, 2.45) is 5.92 Å². The topological polar surface area (TPSA) is 54.5 Å². The summed E-state index contributed by atoms with van der Waals surface area (Å²) in [4.78, 5) is 20.4. The number of methoxy groups -OCH3 is 1. The molecule has 26 heavy (non-hydrogen) atoms. The van der Waals surface area contributed by atoms with Gasteiger partial charge >= 0.3 is 0 Å². The molecule has 3 aliphatic heterocycles. The third-order valence-electron chi connectivity index (χ3n) is 5.25. The number of nitrogens with zero attached hydrogens (tertiary/aromatic N) is 2. The van der Waals surface area contributed by atoms with Crippen LogP contribution in [-0.4, -0.2) is 48.6 Å². The first-order valence-corrected chi connectivity index (χ1v) is 9.84. The maximum atomic E-state index is 12.6. The number of rotatable bonds is 5. The number of carbonyl (C=O) groups is 1. The Labute approximate surface area is 158 Å². The fourth-order valence-corrected chi connectivity index (χ4v) is 4.55. The Morgan fingerprint density at radius 1 is 1.23 bits per heavy atom. The van der Waals surface area contributed by atoms with E-state index in [1.54, 1.807) is 25.1 Å². The molecule has 1 amide bonds. The van der Waals surface area contributed by atoms with Crippen LogP contribution < -0.4 is 10.1 Å². The quantitative estimate of drug-likeness (QED) is 0.878. The molecule has 6 heteroatoms. The minimum Gasteiger partial charge on any atom is -0.497 e. The molecule has 0 spiro atoms. The molecule has 1 aromatic carbocycles. The molecule has 1 atom stereocenters. The molecule has 136 valence electrons. The van der Waals surface area contributed by atoms with E-state index in [1.165, 1.54) is 25.9 Å². The van der Waals surface area contributed by atoms with Crippen molar-refractivity contribution in [2.45, 2.75) is 28.8 Å². The second kappa shape index (κ2) is 7.68. The largest absolute Gasteiger partial charge is 0.497 e. The summed E-state index contributed by atoms with van der Waals surface area (Å²) >= 11 is 1.55. The number of amides is 1. The molecule has 4 heterocycles. The van der Waals surface area contributed by atoms with E-state index < -0.39 is 0 Å². The summed E-state index contributed by atoms with van der Waals surface area (Å²) in [5.41, 5.74) is 0.712. The summed E-state index contributed by atoms with van der Waals surface area (Å²) in [6.07, 6.45) is 4.14. The third-order valence-corrected chi connectivity index (χ3v) is 6.19. The molecule has 5 rings (SSSR count). The summed E-state index contributed by atoms with van der Waals surface area (Å²) in [7, 11) is 1.65. The van der Waals surface area contributed by atoms with Crippen molar-refractivity contribution in [3.8, 4) is 5.75 Å². The lowest BCUT2D eigenvalue weighted by Crippen LogP contribution is -2.57. The molecule has 3 saturated heterocycles. The van der Waals surface area contributed by atoms with Gasteiger partial charge in [0.1, 0.15) is 10.8 Å². The highest BCUT2D eigenvalue weighted by atomic mass is 32.2. The molecule has 5 nitrogen and oxygen atoms in total. The minimum absolute atomic E-state index is 0.0276. The fraction of sp³-hybridized carbons (Fsp3) is 0.400. The predicted molar refractivity (Wildman–Crippen MR) is 102 cm³/mol. The van der Waals surface area contributed by atoms with Gasteiger partial charge in [-0.1, -0.05) is 11.8 Å². The molecule has 0 aliphatic carbocycles. The number of ether oxygens (including phenoxy) is 1. The highest BCUT2D eigenvalue weighted by molar-refractivity contribution is 7.99. The van der Waals surface area contributed by atoms with E-state index in [4.69, 9.17) is 4.74 Å². The molecule has 0 saturated carbocycles. The average Bonchev–Trinajstić information content (AvgIpc) is 2.69. The zero-order valence-electron chi connectivity index (χ0n) is 14.9. The average molecular weight is 369 g/mol. The first-order valence-electron chi connectivity index (χ1n) is 9.02. The summed E-state index contributed by atoms with van der Waals surface area (Å²) in [5.74, 6) is 1.45. The van der Waals surface area contributed by atoms with Gasteiger partial charge in [0, 0.05) is 35.3 Å². The number of carbonyl (C=O) groups excluding carboxylic acids is 1. The normalized spacial score (nSPS) is 24.3. The molecule has 3 fully saturated rings. The van der Waals surface area contributed by atoms with Crippen molar-refractivity contribution in [1.82, 2.24) is 15.2 Å². The summed E-state index contributed by atoms with van der Waals surface area (Å²) in [6, 6.07) is 11.7. The van der Waals surface area contributed by atoms with Gasteiger partial charge in [0.25, 0.3) is 5.91 Å². The standard InChI is InChI=1S/C20H23N3O2S/c1-25-16-6-9-21-19(12-16)26-17-4-2-15(3-5-17)20(24)22-18-13-23-10-7-14(18)8-11-23/h2-6,9,12,14,18H,7-8,10-11,13H2,1H3,(H,22,24)/t18-/m0/s1. The lowest BCUT2D eigenvalue weighted by Gasteiger charge is -2.44. The highest BCUT2D eigenvalue weighted by Gasteiger charge is 2.34. The monoisotopic (exact) mass is 369 g/mol. The van der Waals surface area contributed by atoms with Crippen LogP contribution in [0.15, 0.2) is 52.5 Å². The Morgan fingerprint density at radius 2 is 2.00 bits per heavy atom.